The first-order valence-corrected chi connectivity index (χ1v) is 4.63. The van der Waals surface area contributed by atoms with Gasteiger partial charge in [-0.3, -0.25) is 10.5 Å². The first-order chi connectivity index (χ1) is 6.13. The van der Waals surface area contributed by atoms with E-state index in [1.165, 1.54) is 0 Å². The molecule has 80 valence electrons. The van der Waals surface area contributed by atoms with Crippen molar-refractivity contribution in [2.75, 3.05) is 0 Å². The molecular formula is C8H11BrClNO3. The van der Waals surface area contributed by atoms with Crippen molar-refractivity contribution < 1.29 is 13.9 Å². The van der Waals surface area contributed by atoms with E-state index >= 15 is 0 Å². The van der Waals surface area contributed by atoms with Crippen LogP contribution in [0, 0.1) is 0 Å². The molecule has 0 fully saturated rings. The molecule has 1 unspecified atom stereocenters. The molecule has 1 heterocycles. The summed E-state index contributed by atoms with van der Waals surface area (Å²) < 4.78 is 10.5. The van der Waals surface area contributed by atoms with E-state index < -0.39 is 6.23 Å². The van der Waals surface area contributed by atoms with Crippen LogP contribution in [-0.2, 0) is 9.53 Å². The number of halogens is 2. The number of carbonyl (C=O) groups is 1. The maximum atomic E-state index is 10.8. The van der Waals surface area contributed by atoms with Gasteiger partial charge >= 0.3 is 5.97 Å². The van der Waals surface area contributed by atoms with Gasteiger partial charge in [0.25, 0.3) is 0 Å². The SMILES string of the molecule is CCC(=O)OC(N)c1ccc(Br)o1.Cl. The Hall–Kier alpha value is -0.520. The van der Waals surface area contributed by atoms with Crippen LogP contribution in [0.25, 0.3) is 0 Å². The first kappa shape index (κ1) is 13.5. The van der Waals surface area contributed by atoms with Crippen LogP contribution in [0.5, 0.6) is 0 Å². The van der Waals surface area contributed by atoms with Crippen molar-refractivity contribution in [2.45, 2.75) is 19.6 Å². The monoisotopic (exact) mass is 283 g/mol. The molecule has 0 aliphatic carbocycles. The van der Waals surface area contributed by atoms with Gasteiger partial charge in [-0.25, -0.2) is 0 Å². The van der Waals surface area contributed by atoms with Crippen molar-refractivity contribution in [3.63, 3.8) is 0 Å². The topological polar surface area (TPSA) is 65.5 Å². The molecule has 0 saturated carbocycles. The van der Waals surface area contributed by atoms with Gasteiger partial charge in [0.15, 0.2) is 10.4 Å². The molecule has 0 saturated heterocycles. The Balaban J connectivity index is 0.00000169. The van der Waals surface area contributed by atoms with Crippen LogP contribution in [0.2, 0.25) is 0 Å². The molecule has 0 amide bonds. The summed E-state index contributed by atoms with van der Waals surface area (Å²) >= 11 is 3.12. The standard InChI is InChI=1S/C8H10BrNO3.ClH/c1-2-7(11)13-8(10)5-3-4-6(9)12-5;/h3-4,8H,2,10H2,1H3;1H. The average Bonchev–Trinajstić information content (AvgIpc) is 2.51. The van der Waals surface area contributed by atoms with Gasteiger partial charge < -0.3 is 9.15 Å². The number of nitrogens with two attached hydrogens (primary N) is 1. The highest BCUT2D eigenvalue weighted by molar-refractivity contribution is 9.10. The van der Waals surface area contributed by atoms with Crippen molar-refractivity contribution in [1.82, 2.24) is 0 Å². The summed E-state index contributed by atoms with van der Waals surface area (Å²) in [6, 6.07) is 3.34. The van der Waals surface area contributed by atoms with Crippen LogP contribution in [0.3, 0.4) is 0 Å². The van der Waals surface area contributed by atoms with Gasteiger partial charge in [-0.2, -0.15) is 0 Å². The van der Waals surface area contributed by atoms with Crippen molar-refractivity contribution in [2.24, 2.45) is 5.73 Å². The number of ether oxygens (including phenoxy) is 1. The number of carbonyl (C=O) groups excluding carboxylic acids is 1. The van der Waals surface area contributed by atoms with E-state index in [2.05, 4.69) is 15.9 Å². The Morgan fingerprint density at radius 3 is 2.79 bits per heavy atom. The minimum Gasteiger partial charge on any atom is -0.449 e. The molecule has 0 radical (unpaired) electrons. The summed E-state index contributed by atoms with van der Waals surface area (Å²) in [5.74, 6) is 0.0775. The molecule has 0 aliphatic rings. The highest BCUT2D eigenvalue weighted by atomic mass is 79.9. The fraction of sp³-hybridized carbons (Fsp3) is 0.375. The Kier molecular flexibility index (Phi) is 5.83. The van der Waals surface area contributed by atoms with E-state index in [1.54, 1.807) is 19.1 Å². The van der Waals surface area contributed by atoms with Crippen molar-refractivity contribution in [3.05, 3.63) is 22.6 Å². The maximum absolute atomic E-state index is 10.8. The number of rotatable bonds is 3. The largest absolute Gasteiger partial charge is 0.449 e. The third-order valence-electron chi connectivity index (χ3n) is 1.42. The molecule has 1 atom stereocenters. The molecule has 6 heteroatoms. The Labute approximate surface area is 96.3 Å². The zero-order valence-electron chi connectivity index (χ0n) is 7.53. The quantitative estimate of drug-likeness (QED) is 0.683. The molecular weight excluding hydrogens is 273 g/mol. The molecule has 2 N–H and O–H groups in total. The van der Waals surface area contributed by atoms with E-state index in [0.717, 1.165) is 0 Å². The zero-order chi connectivity index (χ0) is 9.84. The van der Waals surface area contributed by atoms with Gasteiger partial charge in [0.2, 0.25) is 6.23 Å². The molecule has 1 aromatic heterocycles. The maximum Gasteiger partial charge on any atom is 0.307 e. The molecule has 0 aliphatic heterocycles. The predicted octanol–water partition coefficient (Wildman–Crippen LogP) is 2.37. The summed E-state index contributed by atoms with van der Waals surface area (Å²) in [4.78, 5) is 10.8. The van der Waals surface area contributed by atoms with E-state index in [9.17, 15) is 4.79 Å². The first-order valence-electron chi connectivity index (χ1n) is 3.83. The molecule has 4 nitrogen and oxygen atoms in total. The number of hydrogen-bond acceptors (Lipinski definition) is 4. The molecule has 1 rings (SSSR count). The van der Waals surface area contributed by atoms with Crippen LogP contribution in [0.4, 0.5) is 0 Å². The summed E-state index contributed by atoms with van der Waals surface area (Å²) in [5, 5.41) is 0. The normalized spacial score (nSPS) is 11.6. The lowest BCUT2D eigenvalue weighted by atomic mass is 10.4. The fourth-order valence-electron chi connectivity index (χ4n) is 0.764. The summed E-state index contributed by atoms with van der Waals surface area (Å²) in [5.41, 5.74) is 5.53. The van der Waals surface area contributed by atoms with E-state index in [-0.39, 0.29) is 18.4 Å². The third-order valence-corrected chi connectivity index (χ3v) is 1.85. The summed E-state index contributed by atoms with van der Waals surface area (Å²) in [7, 11) is 0. The Bertz CT molecular complexity index is 303. The fourth-order valence-corrected chi connectivity index (χ4v) is 1.08. The highest BCUT2D eigenvalue weighted by Gasteiger charge is 2.13. The highest BCUT2D eigenvalue weighted by Crippen LogP contribution is 2.19. The lowest BCUT2D eigenvalue weighted by Crippen LogP contribution is -2.17. The Morgan fingerprint density at radius 1 is 1.71 bits per heavy atom. The minimum atomic E-state index is -0.821. The van der Waals surface area contributed by atoms with Crippen molar-refractivity contribution in [1.29, 1.82) is 0 Å². The van der Waals surface area contributed by atoms with Crippen LogP contribution in [-0.4, -0.2) is 5.97 Å². The van der Waals surface area contributed by atoms with Gasteiger partial charge in [0, 0.05) is 6.42 Å². The van der Waals surface area contributed by atoms with Gasteiger partial charge in [0.05, 0.1) is 0 Å². The lowest BCUT2D eigenvalue weighted by molar-refractivity contribution is -0.149. The second-order valence-electron chi connectivity index (χ2n) is 2.41. The Morgan fingerprint density at radius 2 is 2.36 bits per heavy atom. The average molecular weight is 285 g/mol. The molecule has 0 aromatic carbocycles. The van der Waals surface area contributed by atoms with Gasteiger partial charge in [-0.1, -0.05) is 6.92 Å². The van der Waals surface area contributed by atoms with Crippen LogP contribution < -0.4 is 5.73 Å². The van der Waals surface area contributed by atoms with Crippen molar-refractivity contribution >= 4 is 34.3 Å². The third kappa shape index (κ3) is 3.69. The van der Waals surface area contributed by atoms with Crippen LogP contribution in [0.15, 0.2) is 21.2 Å². The summed E-state index contributed by atoms with van der Waals surface area (Å²) in [6.07, 6.45) is -0.519. The number of esters is 1. The number of hydrogen-bond donors (Lipinski definition) is 1. The zero-order valence-corrected chi connectivity index (χ0v) is 9.93. The van der Waals surface area contributed by atoms with Crippen molar-refractivity contribution in [3.8, 4) is 0 Å². The molecule has 14 heavy (non-hydrogen) atoms. The smallest absolute Gasteiger partial charge is 0.307 e. The minimum absolute atomic E-state index is 0. The lowest BCUT2D eigenvalue weighted by Gasteiger charge is -2.08. The van der Waals surface area contributed by atoms with E-state index in [0.29, 0.717) is 16.9 Å². The van der Waals surface area contributed by atoms with E-state index in [4.69, 9.17) is 14.9 Å². The van der Waals surface area contributed by atoms with Gasteiger partial charge in [-0.05, 0) is 28.1 Å². The number of furan rings is 1. The molecule has 0 bridgehead atoms. The molecule has 1 aromatic rings. The van der Waals surface area contributed by atoms with Crippen LogP contribution in [0.1, 0.15) is 25.3 Å². The summed E-state index contributed by atoms with van der Waals surface area (Å²) in [6.45, 7) is 1.70. The van der Waals surface area contributed by atoms with Gasteiger partial charge in [0.1, 0.15) is 0 Å². The van der Waals surface area contributed by atoms with E-state index in [1.807, 2.05) is 0 Å². The predicted molar refractivity (Wildman–Crippen MR) is 57.0 cm³/mol. The second-order valence-corrected chi connectivity index (χ2v) is 3.19. The second kappa shape index (κ2) is 6.06. The van der Waals surface area contributed by atoms with Crippen LogP contribution >= 0.6 is 28.3 Å². The molecule has 0 spiro atoms. The van der Waals surface area contributed by atoms with Gasteiger partial charge in [-0.15, -0.1) is 12.4 Å².